The van der Waals surface area contributed by atoms with E-state index in [0.717, 1.165) is 15.9 Å². The summed E-state index contributed by atoms with van der Waals surface area (Å²) < 4.78 is 2.60. The van der Waals surface area contributed by atoms with Crippen molar-refractivity contribution < 1.29 is 4.79 Å². The third kappa shape index (κ3) is 3.99. The topological polar surface area (TPSA) is 63.9 Å². The maximum Gasteiger partial charge on any atom is 0.260 e. The van der Waals surface area contributed by atoms with Crippen LogP contribution in [-0.2, 0) is 6.54 Å². The van der Waals surface area contributed by atoms with Crippen molar-refractivity contribution in [3.63, 3.8) is 0 Å². The zero-order valence-corrected chi connectivity index (χ0v) is 16.4. The van der Waals surface area contributed by atoms with E-state index in [1.165, 1.54) is 0 Å². The first-order chi connectivity index (χ1) is 13.7. The highest BCUT2D eigenvalue weighted by Crippen LogP contribution is 2.22. The second kappa shape index (κ2) is 8.14. The summed E-state index contributed by atoms with van der Waals surface area (Å²) in [5.41, 5.74) is 2.09. The van der Waals surface area contributed by atoms with Gasteiger partial charge in [-0.1, -0.05) is 22.0 Å². The fraction of sp³-hybridized carbons (Fsp3) is 0.0476. The summed E-state index contributed by atoms with van der Waals surface area (Å²) in [6.45, 7) is 0.363. The molecule has 0 saturated heterocycles. The van der Waals surface area contributed by atoms with Crippen molar-refractivity contribution in [3.8, 4) is 5.82 Å². The Hall–Kier alpha value is -3.32. The number of nitrogens with zero attached hydrogens (tertiary/aromatic N) is 5. The summed E-state index contributed by atoms with van der Waals surface area (Å²) in [6.07, 6.45) is 6.78. The van der Waals surface area contributed by atoms with Crippen LogP contribution in [0.1, 0.15) is 16.1 Å². The second-order valence-corrected chi connectivity index (χ2v) is 6.96. The molecule has 0 fully saturated rings. The summed E-state index contributed by atoms with van der Waals surface area (Å²) in [6, 6.07) is 18.6. The Bertz CT molecular complexity index is 1050. The van der Waals surface area contributed by atoms with E-state index in [-0.39, 0.29) is 5.91 Å². The number of carbonyl (C=O) groups is 1. The van der Waals surface area contributed by atoms with E-state index >= 15 is 0 Å². The molecule has 0 unspecified atom stereocenters. The van der Waals surface area contributed by atoms with Crippen molar-refractivity contribution in [1.29, 1.82) is 0 Å². The van der Waals surface area contributed by atoms with E-state index in [9.17, 15) is 4.79 Å². The number of benzene rings is 1. The average molecular weight is 434 g/mol. The Morgan fingerprint density at radius 1 is 0.964 bits per heavy atom. The monoisotopic (exact) mass is 433 g/mol. The summed E-state index contributed by atoms with van der Waals surface area (Å²) in [5.74, 6) is 0.508. The van der Waals surface area contributed by atoms with Crippen molar-refractivity contribution in [2.75, 3.05) is 4.90 Å². The normalized spacial score (nSPS) is 10.6. The smallest absolute Gasteiger partial charge is 0.260 e. The molecule has 3 heterocycles. The second-order valence-electron chi connectivity index (χ2n) is 6.04. The van der Waals surface area contributed by atoms with Gasteiger partial charge in [-0.3, -0.25) is 9.78 Å². The van der Waals surface area contributed by atoms with Crippen LogP contribution in [0.15, 0.2) is 89.9 Å². The Kier molecular flexibility index (Phi) is 5.25. The van der Waals surface area contributed by atoms with Crippen LogP contribution in [-0.4, -0.2) is 25.7 Å². The van der Waals surface area contributed by atoms with Crippen molar-refractivity contribution in [1.82, 2.24) is 19.7 Å². The van der Waals surface area contributed by atoms with E-state index in [4.69, 9.17) is 0 Å². The van der Waals surface area contributed by atoms with Gasteiger partial charge in [0.1, 0.15) is 0 Å². The first-order valence-corrected chi connectivity index (χ1v) is 9.43. The third-order valence-electron chi connectivity index (χ3n) is 4.16. The van der Waals surface area contributed by atoms with Crippen LogP contribution in [0.3, 0.4) is 0 Å². The minimum atomic E-state index is -0.146. The lowest BCUT2D eigenvalue weighted by atomic mass is 10.2. The van der Waals surface area contributed by atoms with Gasteiger partial charge in [-0.05, 0) is 54.6 Å². The van der Waals surface area contributed by atoms with E-state index in [1.54, 1.807) is 46.5 Å². The van der Waals surface area contributed by atoms with Crippen LogP contribution in [0, 0.1) is 0 Å². The maximum atomic E-state index is 13.3. The Balaban J connectivity index is 1.65. The minimum absolute atomic E-state index is 0.146. The van der Waals surface area contributed by atoms with Crippen LogP contribution >= 0.6 is 15.9 Å². The molecule has 0 radical (unpaired) electrons. The summed E-state index contributed by atoms with van der Waals surface area (Å²) in [4.78, 5) is 23.7. The van der Waals surface area contributed by atoms with Gasteiger partial charge in [0.15, 0.2) is 5.82 Å². The molecule has 28 heavy (non-hydrogen) atoms. The molecule has 1 aromatic carbocycles. The zero-order valence-electron chi connectivity index (χ0n) is 14.8. The molecular formula is C21H16BrN5O. The van der Waals surface area contributed by atoms with Crippen LogP contribution in [0.4, 0.5) is 5.69 Å². The number of amides is 1. The number of halogens is 1. The van der Waals surface area contributed by atoms with Crippen molar-refractivity contribution in [2.45, 2.75) is 6.54 Å². The van der Waals surface area contributed by atoms with Crippen LogP contribution < -0.4 is 4.90 Å². The number of carbonyl (C=O) groups excluding carboxylic acids is 1. The van der Waals surface area contributed by atoms with Gasteiger partial charge >= 0.3 is 0 Å². The minimum Gasteiger partial charge on any atom is -0.302 e. The molecule has 4 aromatic rings. The molecule has 6 nitrogen and oxygen atoms in total. The molecule has 0 spiro atoms. The Morgan fingerprint density at radius 2 is 1.82 bits per heavy atom. The molecule has 4 rings (SSSR count). The molecule has 0 aliphatic carbocycles. The van der Waals surface area contributed by atoms with E-state index in [1.807, 2.05) is 48.5 Å². The van der Waals surface area contributed by atoms with E-state index < -0.39 is 0 Å². The molecule has 0 aliphatic heterocycles. The van der Waals surface area contributed by atoms with Crippen molar-refractivity contribution >= 4 is 27.5 Å². The highest BCUT2D eigenvalue weighted by atomic mass is 79.9. The molecule has 0 atom stereocenters. The van der Waals surface area contributed by atoms with Gasteiger partial charge in [0.2, 0.25) is 0 Å². The number of pyridine rings is 2. The highest BCUT2D eigenvalue weighted by molar-refractivity contribution is 9.10. The molecule has 0 bridgehead atoms. The molecule has 0 aliphatic rings. The molecule has 0 N–H and O–H groups in total. The molecule has 1 amide bonds. The quantitative estimate of drug-likeness (QED) is 0.471. The lowest BCUT2D eigenvalue weighted by Crippen LogP contribution is -2.30. The Labute approximate surface area is 170 Å². The van der Waals surface area contributed by atoms with Gasteiger partial charge < -0.3 is 4.90 Å². The fourth-order valence-corrected chi connectivity index (χ4v) is 3.03. The largest absolute Gasteiger partial charge is 0.302 e. The van der Waals surface area contributed by atoms with Gasteiger partial charge in [-0.2, -0.15) is 5.10 Å². The van der Waals surface area contributed by atoms with Crippen LogP contribution in [0.5, 0.6) is 0 Å². The van der Waals surface area contributed by atoms with Gasteiger partial charge in [-0.25, -0.2) is 9.67 Å². The highest BCUT2D eigenvalue weighted by Gasteiger charge is 2.19. The van der Waals surface area contributed by atoms with E-state index in [2.05, 4.69) is 31.0 Å². The van der Waals surface area contributed by atoms with Crippen LogP contribution in [0.2, 0.25) is 0 Å². The third-order valence-corrected chi connectivity index (χ3v) is 4.69. The summed E-state index contributed by atoms with van der Waals surface area (Å²) in [5, 5.41) is 4.15. The van der Waals surface area contributed by atoms with Crippen molar-refractivity contribution in [3.05, 3.63) is 101 Å². The standard InChI is InChI=1S/C21H16BrN5O/c22-17-6-8-19(9-7-17)26(15-18-4-1-2-11-23-18)21(28)16-5-10-20(24-14-16)27-13-3-12-25-27/h1-14H,15H2. The predicted molar refractivity (Wildman–Crippen MR) is 110 cm³/mol. The maximum absolute atomic E-state index is 13.3. The van der Waals surface area contributed by atoms with Gasteiger partial charge in [0.25, 0.3) is 5.91 Å². The lowest BCUT2D eigenvalue weighted by molar-refractivity contribution is 0.0984. The first-order valence-electron chi connectivity index (χ1n) is 8.64. The first kappa shape index (κ1) is 18.1. The number of hydrogen-bond donors (Lipinski definition) is 0. The van der Waals surface area contributed by atoms with E-state index in [0.29, 0.717) is 17.9 Å². The number of anilines is 1. The predicted octanol–water partition coefficient (Wildman–Crippen LogP) is 4.27. The zero-order chi connectivity index (χ0) is 19.3. The number of rotatable bonds is 5. The summed E-state index contributed by atoms with van der Waals surface area (Å²) >= 11 is 3.44. The van der Waals surface area contributed by atoms with Crippen molar-refractivity contribution in [2.24, 2.45) is 0 Å². The van der Waals surface area contributed by atoms with Gasteiger partial charge in [0.05, 0.1) is 17.8 Å². The summed E-state index contributed by atoms with van der Waals surface area (Å²) in [7, 11) is 0. The molecule has 7 heteroatoms. The number of aromatic nitrogens is 4. The Morgan fingerprint density at radius 3 is 2.46 bits per heavy atom. The molecule has 3 aromatic heterocycles. The lowest BCUT2D eigenvalue weighted by Gasteiger charge is -2.23. The van der Waals surface area contributed by atoms with Crippen LogP contribution in [0.25, 0.3) is 5.82 Å². The number of hydrogen-bond acceptors (Lipinski definition) is 4. The SMILES string of the molecule is O=C(c1ccc(-n2cccn2)nc1)N(Cc1ccccn1)c1ccc(Br)cc1. The average Bonchev–Trinajstić information content (AvgIpc) is 3.28. The molecule has 138 valence electrons. The molecular weight excluding hydrogens is 418 g/mol. The molecule has 0 saturated carbocycles. The fourth-order valence-electron chi connectivity index (χ4n) is 2.76. The van der Waals surface area contributed by atoms with Gasteiger partial charge in [-0.15, -0.1) is 0 Å². The van der Waals surface area contributed by atoms with Gasteiger partial charge in [0, 0.05) is 34.9 Å².